The number of nitrogens with zero attached hydrogens (tertiary/aromatic N) is 1. The summed E-state index contributed by atoms with van der Waals surface area (Å²) in [6.07, 6.45) is 0. The molecule has 1 aliphatic heterocycles. The van der Waals surface area contributed by atoms with E-state index < -0.39 is 0 Å². The predicted octanol–water partition coefficient (Wildman–Crippen LogP) is -0.311. The molecule has 0 bridgehead atoms. The molecule has 4 nitrogen and oxygen atoms in total. The zero-order valence-corrected chi connectivity index (χ0v) is 8.72. The Bertz CT molecular complexity index is 286. The van der Waals surface area contributed by atoms with Crippen LogP contribution in [0.3, 0.4) is 0 Å². The summed E-state index contributed by atoms with van der Waals surface area (Å²) in [6.45, 7) is 2.69. The van der Waals surface area contributed by atoms with Gasteiger partial charge in [0, 0.05) is 41.9 Å². The standard InChI is InChI=1S/C8H9BrN2O2/c1-6(12)11-4-7(5-11)10-8(13)2-3-9/h7H,4-5H2,1H3,(H,10,13). The highest BCUT2D eigenvalue weighted by Gasteiger charge is 2.29. The van der Waals surface area contributed by atoms with Crippen LogP contribution in [0.5, 0.6) is 0 Å². The first-order chi connectivity index (χ1) is 6.13. The predicted molar refractivity (Wildman–Crippen MR) is 50.9 cm³/mol. The SMILES string of the molecule is CC(=O)N1CC(NC(=O)C#CBr)C1. The van der Waals surface area contributed by atoms with Gasteiger partial charge in [0.1, 0.15) is 0 Å². The summed E-state index contributed by atoms with van der Waals surface area (Å²) in [4.78, 5) is 25.6. The molecular weight excluding hydrogens is 236 g/mol. The summed E-state index contributed by atoms with van der Waals surface area (Å²) in [7, 11) is 0. The molecule has 5 heteroatoms. The minimum absolute atomic E-state index is 0.0390. The lowest BCUT2D eigenvalue weighted by Gasteiger charge is -2.38. The molecule has 1 fully saturated rings. The Morgan fingerprint density at radius 3 is 2.62 bits per heavy atom. The quantitative estimate of drug-likeness (QED) is 0.644. The van der Waals surface area contributed by atoms with Crippen molar-refractivity contribution in [2.75, 3.05) is 13.1 Å². The molecule has 0 aliphatic carbocycles. The summed E-state index contributed by atoms with van der Waals surface area (Å²) in [5.74, 6) is 2.03. The third-order valence-electron chi connectivity index (χ3n) is 1.82. The monoisotopic (exact) mass is 244 g/mol. The van der Waals surface area contributed by atoms with E-state index in [2.05, 4.69) is 32.0 Å². The van der Waals surface area contributed by atoms with Gasteiger partial charge in [0.2, 0.25) is 5.91 Å². The average Bonchev–Trinajstić information content (AvgIpc) is 1.95. The van der Waals surface area contributed by atoms with Crippen molar-refractivity contribution < 1.29 is 9.59 Å². The van der Waals surface area contributed by atoms with Crippen LogP contribution in [0, 0.1) is 10.8 Å². The van der Waals surface area contributed by atoms with E-state index in [4.69, 9.17) is 0 Å². The minimum atomic E-state index is -0.315. The molecule has 1 heterocycles. The van der Waals surface area contributed by atoms with Gasteiger partial charge >= 0.3 is 0 Å². The molecule has 1 saturated heterocycles. The van der Waals surface area contributed by atoms with Gasteiger partial charge in [0.05, 0.1) is 6.04 Å². The van der Waals surface area contributed by atoms with Gasteiger partial charge < -0.3 is 10.2 Å². The maximum atomic E-state index is 10.9. The number of rotatable bonds is 1. The fourth-order valence-electron chi connectivity index (χ4n) is 1.09. The van der Waals surface area contributed by atoms with E-state index in [0.717, 1.165) is 0 Å². The molecule has 70 valence electrons. The normalized spacial score (nSPS) is 15.4. The summed E-state index contributed by atoms with van der Waals surface area (Å²) in [5.41, 5.74) is 0. The number of hydrogen-bond acceptors (Lipinski definition) is 2. The molecule has 0 radical (unpaired) electrons. The van der Waals surface area contributed by atoms with Gasteiger partial charge in [0.25, 0.3) is 5.91 Å². The van der Waals surface area contributed by atoms with Crippen LogP contribution in [0.25, 0.3) is 0 Å². The molecule has 0 atom stereocenters. The van der Waals surface area contributed by atoms with E-state index in [-0.39, 0.29) is 17.9 Å². The Hall–Kier alpha value is -1.02. The lowest BCUT2D eigenvalue weighted by atomic mass is 10.1. The van der Waals surface area contributed by atoms with E-state index in [1.54, 1.807) is 4.90 Å². The van der Waals surface area contributed by atoms with Crippen LogP contribution in [0.1, 0.15) is 6.92 Å². The largest absolute Gasteiger partial charge is 0.339 e. The molecule has 0 aromatic carbocycles. The lowest BCUT2D eigenvalue weighted by molar-refractivity contribution is -0.135. The van der Waals surface area contributed by atoms with Gasteiger partial charge in [-0.3, -0.25) is 9.59 Å². The first kappa shape index (κ1) is 10.1. The number of nitrogens with one attached hydrogen (secondary N) is 1. The van der Waals surface area contributed by atoms with E-state index in [1.165, 1.54) is 6.92 Å². The van der Waals surface area contributed by atoms with Crippen molar-refractivity contribution in [2.24, 2.45) is 0 Å². The molecule has 1 rings (SSSR count). The second-order valence-electron chi connectivity index (χ2n) is 2.81. The van der Waals surface area contributed by atoms with Gasteiger partial charge in [-0.05, 0) is 4.83 Å². The van der Waals surface area contributed by atoms with Crippen LogP contribution in [0.15, 0.2) is 0 Å². The van der Waals surface area contributed by atoms with Crippen molar-refractivity contribution >= 4 is 27.7 Å². The summed E-state index contributed by atoms with van der Waals surface area (Å²) in [6, 6.07) is 0.0600. The number of carbonyl (C=O) groups is 2. The van der Waals surface area contributed by atoms with E-state index in [0.29, 0.717) is 13.1 Å². The van der Waals surface area contributed by atoms with E-state index in [1.807, 2.05) is 0 Å². The Kier molecular flexibility index (Phi) is 3.32. The highest BCUT2D eigenvalue weighted by molar-refractivity contribution is 9.12. The fraction of sp³-hybridized carbons (Fsp3) is 0.500. The third-order valence-corrected chi connectivity index (χ3v) is 2.02. The zero-order chi connectivity index (χ0) is 9.84. The number of likely N-dealkylation sites (tertiary alicyclic amines) is 1. The van der Waals surface area contributed by atoms with Crippen molar-refractivity contribution in [3.63, 3.8) is 0 Å². The van der Waals surface area contributed by atoms with Gasteiger partial charge in [-0.15, -0.1) is 0 Å². The summed E-state index contributed by atoms with van der Waals surface area (Å²) >= 11 is 2.83. The average molecular weight is 245 g/mol. The van der Waals surface area contributed by atoms with E-state index >= 15 is 0 Å². The number of halogens is 1. The lowest BCUT2D eigenvalue weighted by Crippen LogP contribution is -2.60. The summed E-state index contributed by atoms with van der Waals surface area (Å²) in [5, 5.41) is 2.67. The molecule has 2 amide bonds. The van der Waals surface area contributed by atoms with Crippen LogP contribution in [-0.4, -0.2) is 35.8 Å². The number of amides is 2. The second-order valence-corrected chi connectivity index (χ2v) is 3.21. The molecule has 0 unspecified atom stereocenters. The highest BCUT2D eigenvalue weighted by Crippen LogP contribution is 2.06. The second kappa shape index (κ2) is 4.28. The Labute approximate surface area is 84.8 Å². The van der Waals surface area contributed by atoms with Crippen LogP contribution in [-0.2, 0) is 9.59 Å². The Morgan fingerprint density at radius 1 is 1.54 bits per heavy atom. The van der Waals surface area contributed by atoms with E-state index in [9.17, 15) is 9.59 Å². The zero-order valence-electron chi connectivity index (χ0n) is 7.13. The van der Waals surface area contributed by atoms with Crippen molar-refractivity contribution in [3.8, 4) is 10.8 Å². The maximum Gasteiger partial charge on any atom is 0.297 e. The van der Waals surface area contributed by atoms with Gasteiger partial charge in [0.15, 0.2) is 0 Å². The first-order valence-corrected chi connectivity index (χ1v) is 4.60. The van der Waals surface area contributed by atoms with Crippen LogP contribution >= 0.6 is 15.9 Å². The van der Waals surface area contributed by atoms with Crippen molar-refractivity contribution in [2.45, 2.75) is 13.0 Å². The van der Waals surface area contributed by atoms with Gasteiger partial charge in [-0.25, -0.2) is 0 Å². The fourth-order valence-corrected chi connectivity index (χ4v) is 1.27. The molecular formula is C8H9BrN2O2. The molecule has 0 saturated carbocycles. The van der Waals surface area contributed by atoms with Crippen molar-refractivity contribution in [1.29, 1.82) is 0 Å². The topological polar surface area (TPSA) is 49.4 Å². The van der Waals surface area contributed by atoms with Crippen LogP contribution in [0.4, 0.5) is 0 Å². The van der Waals surface area contributed by atoms with Crippen LogP contribution in [0.2, 0.25) is 0 Å². The van der Waals surface area contributed by atoms with Crippen LogP contribution < -0.4 is 5.32 Å². The summed E-state index contributed by atoms with van der Waals surface area (Å²) < 4.78 is 0. The highest BCUT2D eigenvalue weighted by atomic mass is 79.9. The number of hydrogen-bond donors (Lipinski definition) is 1. The van der Waals surface area contributed by atoms with Gasteiger partial charge in [-0.2, -0.15) is 0 Å². The Morgan fingerprint density at radius 2 is 2.15 bits per heavy atom. The molecule has 13 heavy (non-hydrogen) atoms. The van der Waals surface area contributed by atoms with Gasteiger partial charge in [-0.1, -0.05) is 0 Å². The van der Waals surface area contributed by atoms with Crippen molar-refractivity contribution in [1.82, 2.24) is 10.2 Å². The molecule has 0 aromatic heterocycles. The third kappa shape index (κ3) is 2.74. The minimum Gasteiger partial charge on any atom is -0.339 e. The molecule has 0 aromatic rings. The smallest absolute Gasteiger partial charge is 0.297 e. The molecule has 1 N–H and O–H groups in total. The first-order valence-electron chi connectivity index (χ1n) is 3.81. The number of carbonyl (C=O) groups excluding carboxylic acids is 2. The Balaban J connectivity index is 2.24. The molecule has 1 aliphatic rings. The van der Waals surface area contributed by atoms with Crippen molar-refractivity contribution in [3.05, 3.63) is 0 Å². The molecule has 0 spiro atoms. The maximum absolute atomic E-state index is 10.9.